The predicted octanol–water partition coefficient (Wildman–Crippen LogP) is 1.80. The molecule has 84 valence electrons. The highest BCUT2D eigenvalue weighted by atomic mass is 16.1. The summed E-state index contributed by atoms with van der Waals surface area (Å²) in [7, 11) is 0. The Morgan fingerprint density at radius 2 is 2.00 bits per heavy atom. The van der Waals surface area contributed by atoms with Crippen molar-refractivity contribution in [1.82, 2.24) is 9.13 Å². The van der Waals surface area contributed by atoms with Gasteiger partial charge in [0, 0.05) is 24.1 Å². The number of nitrogens with zero attached hydrogens (tertiary/aromatic N) is 2. The van der Waals surface area contributed by atoms with Crippen LogP contribution in [0.5, 0.6) is 0 Å². The minimum atomic E-state index is -0.0411. The van der Waals surface area contributed by atoms with Crippen molar-refractivity contribution < 1.29 is 0 Å². The second kappa shape index (κ2) is 3.89. The number of anilines is 1. The number of benzene rings is 1. The summed E-state index contributed by atoms with van der Waals surface area (Å²) in [5.74, 6) is 0. The largest absolute Gasteiger partial charge is 0.399 e. The standard InChI is InChI=1S/C12H15N3O/c1-9(2)14-6-7-15(12(14)16)11-5-3-4-10(13)8-11/h3-9H,13H2,1-2H3. The Kier molecular flexibility index (Phi) is 2.56. The zero-order valence-corrected chi connectivity index (χ0v) is 9.42. The number of rotatable bonds is 2. The van der Waals surface area contributed by atoms with E-state index in [-0.39, 0.29) is 11.7 Å². The third-order valence-electron chi connectivity index (χ3n) is 2.51. The number of hydrogen-bond acceptors (Lipinski definition) is 2. The summed E-state index contributed by atoms with van der Waals surface area (Å²) in [6.45, 7) is 3.95. The van der Waals surface area contributed by atoms with Gasteiger partial charge in [-0.2, -0.15) is 0 Å². The quantitative estimate of drug-likeness (QED) is 0.780. The van der Waals surface area contributed by atoms with Gasteiger partial charge in [0.2, 0.25) is 0 Å². The summed E-state index contributed by atoms with van der Waals surface area (Å²) in [4.78, 5) is 12.0. The zero-order valence-electron chi connectivity index (χ0n) is 9.42. The van der Waals surface area contributed by atoms with E-state index < -0.39 is 0 Å². The molecule has 0 radical (unpaired) electrons. The molecule has 0 aliphatic carbocycles. The van der Waals surface area contributed by atoms with Gasteiger partial charge in [-0.3, -0.25) is 9.13 Å². The zero-order chi connectivity index (χ0) is 11.7. The maximum Gasteiger partial charge on any atom is 0.332 e. The SMILES string of the molecule is CC(C)n1ccn(-c2cccc(N)c2)c1=O. The molecule has 1 aromatic heterocycles. The van der Waals surface area contributed by atoms with Crippen molar-refractivity contribution in [2.75, 3.05) is 5.73 Å². The topological polar surface area (TPSA) is 52.9 Å². The Bertz CT molecular complexity index is 551. The second-order valence-corrected chi connectivity index (χ2v) is 4.05. The Balaban J connectivity index is 2.54. The fraction of sp³-hybridized carbons (Fsp3) is 0.250. The number of aromatic nitrogens is 2. The van der Waals surface area contributed by atoms with Crippen LogP contribution < -0.4 is 11.4 Å². The lowest BCUT2D eigenvalue weighted by Gasteiger charge is -2.05. The molecule has 4 nitrogen and oxygen atoms in total. The van der Waals surface area contributed by atoms with Crippen LogP contribution in [0.4, 0.5) is 5.69 Å². The van der Waals surface area contributed by atoms with Gasteiger partial charge in [0.05, 0.1) is 5.69 Å². The van der Waals surface area contributed by atoms with E-state index in [9.17, 15) is 4.79 Å². The van der Waals surface area contributed by atoms with Gasteiger partial charge in [0.25, 0.3) is 0 Å². The molecule has 1 heterocycles. The Labute approximate surface area is 93.9 Å². The molecule has 0 fully saturated rings. The molecule has 0 aliphatic heterocycles. The molecule has 2 rings (SSSR count). The first-order valence-electron chi connectivity index (χ1n) is 5.25. The Morgan fingerprint density at radius 1 is 1.25 bits per heavy atom. The number of hydrogen-bond donors (Lipinski definition) is 1. The van der Waals surface area contributed by atoms with Crippen molar-refractivity contribution in [2.45, 2.75) is 19.9 Å². The normalized spacial score (nSPS) is 10.9. The lowest BCUT2D eigenvalue weighted by Crippen LogP contribution is -2.24. The maximum absolute atomic E-state index is 12.0. The summed E-state index contributed by atoms with van der Waals surface area (Å²) in [6, 6.07) is 7.45. The van der Waals surface area contributed by atoms with Gasteiger partial charge < -0.3 is 5.73 Å². The van der Waals surface area contributed by atoms with Crippen LogP contribution in [-0.4, -0.2) is 9.13 Å². The Hall–Kier alpha value is -1.97. The molecule has 0 saturated carbocycles. The smallest absolute Gasteiger partial charge is 0.332 e. The van der Waals surface area contributed by atoms with Crippen LogP contribution in [0.15, 0.2) is 41.5 Å². The summed E-state index contributed by atoms with van der Waals surface area (Å²) in [5, 5.41) is 0. The summed E-state index contributed by atoms with van der Waals surface area (Å²) in [6.07, 6.45) is 3.55. The summed E-state index contributed by atoms with van der Waals surface area (Å²) >= 11 is 0. The molecule has 0 atom stereocenters. The van der Waals surface area contributed by atoms with E-state index in [0.717, 1.165) is 5.69 Å². The summed E-state index contributed by atoms with van der Waals surface area (Å²) < 4.78 is 3.28. The minimum Gasteiger partial charge on any atom is -0.399 e. The molecule has 0 bridgehead atoms. The van der Waals surface area contributed by atoms with Gasteiger partial charge in [0.1, 0.15) is 0 Å². The highest BCUT2D eigenvalue weighted by Gasteiger charge is 2.07. The molecule has 0 saturated heterocycles. The molecule has 4 heteroatoms. The average molecular weight is 217 g/mol. The highest BCUT2D eigenvalue weighted by molar-refractivity contribution is 5.47. The maximum atomic E-state index is 12.0. The van der Waals surface area contributed by atoms with Crippen LogP contribution in [-0.2, 0) is 0 Å². The lowest BCUT2D eigenvalue weighted by molar-refractivity contribution is 0.574. The third-order valence-corrected chi connectivity index (χ3v) is 2.51. The van der Waals surface area contributed by atoms with Crippen LogP contribution in [0.3, 0.4) is 0 Å². The van der Waals surface area contributed by atoms with Crippen molar-refractivity contribution in [3.05, 3.63) is 47.1 Å². The highest BCUT2D eigenvalue weighted by Crippen LogP contribution is 2.10. The van der Waals surface area contributed by atoms with Crippen molar-refractivity contribution >= 4 is 5.69 Å². The van der Waals surface area contributed by atoms with E-state index in [2.05, 4.69) is 0 Å². The summed E-state index contributed by atoms with van der Waals surface area (Å²) in [5.41, 5.74) is 7.10. The first-order chi connectivity index (χ1) is 7.59. The molecule has 2 aromatic rings. The molecular formula is C12H15N3O. The van der Waals surface area contributed by atoms with Crippen molar-refractivity contribution in [1.29, 1.82) is 0 Å². The second-order valence-electron chi connectivity index (χ2n) is 4.05. The van der Waals surface area contributed by atoms with E-state index in [1.807, 2.05) is 26.0 Å². The molecular weight excluding hydrogens is 202 g/mol. The predicted molar refractivity (Wildman–Crippen MR) is 64.8 cm³/mol. The molecule has 16 heavy (non-hydrogen) atoms. The van der Waals surface area contributed by atoms with Gasteiger partial charge in [-0.05, 0) is 32.0 Å². The third kappa shape index (κ3) is 1.74. The first kappa shape index (κ1) is 10.5. The van der Waals surface area contributed by atoms with E-state index in [0.29, 0.717) is 5.69 Å². The van der Waals surface area contributed by atoms with E-state index >= 15 is 0 Å². The number of nitrogens with two attached hydrogens (primary N) is 1. The van der Waals surface area contributed by atoms with Gasteiger partial charge in [0.15, 0.2) is 0 Å². The van der Waals surface area contributed by atoms with Gasteiger partial charge in [-0.15, -0.1) is 0 Å². The molecule has 2 N–H and O–H groups in total. The number of imidazole rings is 1. The fourth-order valence-electron chi connectivity index (χ4n) is 1.65. The van der Waals surface area contributed by atoms with Crippen molar-refractivity contribution in [3.63, 3.8) is 0 Å². The van der Waals surface area contributed by atoms with Crippen molar-refractivity contribution in [2.24, 2.45) is 0 Å². The molecule has 0 spiro atoms. The molecule has 1 aromatic carbocycles. The van der Waals surface area contributed by atoms with Crippen LogP contribution in [0.25, 0.3) is 5.69 Å². The van der Waals surface area contributed by atoms with Crippen LogP contribution in [0, 0.1) is 0 Å². The van der Waals surface area contributed by atoms with Crippen LogP contribution in [0.1, 0.15) is 19.9 Å². The first-order valence-corrected chi connectivity index (χ1v) is 5.25. The average Bonchev–Trinajstić information content (AvgIpc) is 2.60. The van der Waals surface area contributed by atoms with E-state index in [1.54, 1.807) is 33.7 Å². The minimum absolute atomic E-state index is 0.0411. The van der Waals surface area contributed by atoms with E-state index in [4.69, 9.17) is 5.73 Å². The molecule has 0 aliphatic rings. The number of nitrogen functional groups attached to an aromatic ring is 1. The van der Waals surface area contributed by atoms with Gasteiger partial charge >= 0.3 is 5.69 Å². The van der Waals surface area contributed by atoms with Crippen LogP contribution in [0.2, 0.25) is 0 Å². The Morgan fingerprint density at radius 3 is 2.56 bits per heavy atom. The van der Waals surface area contributed by atoms with Crippen LogP contribution >= 0.6 is 0 Å². The monoisotopic (exact) mass is 217 g/mol. The fourth-order valence-corrected chi connectivity index (χ4v) is 1.65. The van der Waals surface area contributed by atoms with Gasteiger partial charge in [-0.25, -0.2) is 4.79 Å². The van der Waals surface area contributed by atoms with E-state index in [1.165, 1.54) is 0 Å². The van der Waals surface area contributed by atoms with Crippen molar-refractivity contribution in [3.8, 4) is 5.69 Å². The molecule has 0 unspecified atom stereocenters. The lowest BCUT2D eigenvalue weighted by atomic mass is 10.3. The molecule has 0 amide bonds. The van der Waals surface area contributed by atoms with Gasteiger partial charge in [-0.1, -0.05) is 6.07 Å².